The monoisotopic (exact) mass is 238 g/mol. The van der Waals surface area contributed by atoms with Crippen LogP contribution in [0.2, 0.25) is 5.02 Å². The van der Waals surface area contributed by atoms with Gasteiger partial charge in [-0.25, -0.2) is 0 Å². The van der Waals surface area contributed by atoms with Crippen molar-refractivity contribution in [3.63, 3.8) is 0 Å². The fourth-order valence-electron chi connectivity index (χ4n) is 1.73. The molecule has 0 heterocycles. The molecule has 3 heteroatoms. The molecule has 1 saturated carbocycles. The standard InChI is InChI=1S/C13H19ClN2/c1-16(9-8-15-13-6-7-13)10-11-2-4-12(14)5-3-11/h2-5,13,15H,6-10H2,1H3. The minimum absolute atomic E-state index is 0.807. The van der Waals surface area contributed by atoms with Crippen LogP contribution in [0.3, 0.4) is 0 Å². The van der Waals surface area contributed by atoms with Crippen LogP contribution in [0, 0.1) is 0 Å². The zero-order chi connectivity index (χ0) is 11.4. The van der Waals surface area contributed by atoms with E-state index in [2.05, 4.69) is 29.4 Å². The number of halogens is 1. The van der Waals surface area contributed by atoms with Gasteiger partial charge in [0, 0.05) is 30.7 Å². The van der Waals surface area contributed by atoms with Gasteiger partial charge in [0.15, 0.2) is 0 Å². The summed E-state index contributed by atoms with van der Waals surface area (Å²) >= 11 is 5.85. The molecule has 0 amide bonds. The molecule has 88 valence electrons. The Hall–Kier alpha value is -0.570. The lowest BCUT2D eigenvalue weighted by molar-refractivity contribution is 0.324. The maximum atomic E-state index is 5.85. The molecule has 0 aromatic heterocycles. The van der Waals surface area contributed by atoms with E-state index in [9.17, 15) is 0 Å². The largest absolute Gasteiger partial charge is 0.313 e. The first-order valence-electron chi connectivity index (χ1n) is 5.90. The second-order valence-electron chi connectivity index (χ2n) is 4.59. The van der Waals surface area contributed by atoms with Crippen LogP contribution in [-0.4, -0.2) is 31.1 Å². The number of rotatable bonds is 6. The van der Waals surface area contributed by atoms with Crippen LogP contribution >= 0.6 is 11.6 Å². The Morgan fingerprint density at radius 3 is 2.62 bits per heavy atom. The molecule has 1 N–H and O–H groups in total. The first-order valence-corrected chi connectivity index (χ1v) is 6.28. The zero-order valence-corrected chi connectivity index (χ0v) is 10.5. The molecule has 0 bridgehead atoms. The van der Waals surface area contributed by atoms with E-state index >= 15 is 0 Å². The summed E-state index contributed by atoms with van der Waals surface area (Å²) in [6.07, 6.45) is 2.72. The molecule has 0 atom stereocenters. The number of nitrogens with one attached hydrogen (secondary N) is 1. The maximum absolute atomic E-state index is 5.85. The van der Waals surface area contributed by atoms with E-state index in [-0.39, 0.29) is 0 Å². The van der Waals surface area contributed by atoms with E-state index in [0.29, 0.717) is 0 Å². The molecule has 0 unspecified atom stereocenters. The highest BCUT2D eigenvalue weighted by Crippen LogP contribution is 2.18. The molecule has 16 heavy (non-hydrogen) atoms. The van der Waals surface area contributed by atoms with Crippen LogP contribution in [0.25, 0.3) is 0 Å². The Morgan fingerprint density at radius 1 is 1.31 bits per heavy atom. The van der Waals surface area contributed by atoms with Crippen LogP contribution in [0.15, 0.2) is 24.3 Å². The van der Waals surface area contributed by atoms with Gasteiger partial charge < -0.3 is 10.2 Å². The Bertz CT molecular complexity index is 319. The van der Waals surface area contributed by atoms with Crippen LogP contribution in [0.1, 0.15) is 18.4 Å². The highest BCUT2D eigenvalue weighted by atomic mass is 35.5. The van der Waals surface area contributed by atoms with Crippen molar-refractivity contribution < 1.29 is 0 Å². The first-order chi connectivity index (χ1) is 7.74. The molecule has 1 aromatic rings. The van der Waals surface area contributed by atoms with Crippen LogP contribution in [0.5, 0.6) is 0 Å². The third-order valence-corrected chi connectivity index (χ3v) is 3.12. The van der Waals surface area contributed by atoms with Gasteiger partial charge in [-0.2, -0.15) is 0 Å². The van der Waals surface area contributed by atoms with E-state index in [1.807, 2.05) is 12.1 Å². The van der Waals surface area contributed by atoms with Gasteiger partial charge in [0.05, 0.1) is 0 Å². The summed E-state index contributed by atoms with van der Waals surface area (Å²) in [5.41, 5.74) is 1.32. The second kappa shape index (κ2) is 5.67. The van der Waals surface area contributed by atoms with E-state index in [0.717, 1.165) is 30.7 Å². The van der Waals surface area contributed by atoms with Crippen molar-refractivity contribution in [2.45, 2.75) is 25.4 Å². The van der Waals surface area contributed by atoms with Gasteiger partial charge in [0.2, 0.25) is 0 Å². The van der Waals surface area contributed by atoms with E-state index in [1.165, 1.54) is 18.4 Å². The molecule has 0 aliphatic heterocycles. The van der Waals surface area contributed by atoms with Gasteiger partial charge in [-0.1, -0.05) is 23.7 Å². The summed E-state index contributed by atoms with van der Waals surface area (Å²) in [6.45, 7) is 3.18. The maximum Gasteiger partial charge on any atom is 0.0406 e. The molecule has 1 fully saturated rings. The molecule has 0 radical (unpaired) electrons. The second-order valence-corrected chi connectivity index (χ2v) is 5.03. The highest BCUT2D eigenvalue weighted by Gasteiger charge is 2.19. The third-order valence-electron chi connectivity index (χ3n) is 2.87. The predicted molar refractivity (Wildman–Crippen MR) is 68.8 cm³/mol. The van der Waals surface area contributed by atoms with Gasteiger partial charge in [-0.15, -0.1) is 0 Å². The Kier molecular flexibility index (Phi) is 4.22. The Balaban J connectivity index is 1.68. The van der Waals surface area contributed by atoms with Crippen molar-refractivity contribution in [2.24, 2.45) is 0 Å². The summed E-state index contributed by atoms with van der Waals surface area (Å²) in [7, 11) is 2.16. The van der Waals surface area contributed by atoms with Gasteiger partial charge >= 0.3 is 0 Å². The van der Waals surface area contributed by atoms with E-state index in [1.54, 1.807) is 0 Å². The number of hydrogen-bond acceptors (Lipinski definition) is 2. The summed E-state index contributed by atoms with van der Waals surface area (Å²) in [6, 6.07) is 8.89. The van der Waals surface area contributed by atoms with Crippen LogP contribution in [0.4, 0.5) is 0 Å². The van der Waals surface area contributed by atoms with Gasteiger partial charge in [0.1, 0.15) is 0 Å². The number of benzene rings is 1. The normalized spacial score (nSPS) is 15.7. The van der Waals surface area contributed by atoms with Gasteiger partial charge in [-0.05, 0) is 37.6 Å². The fraction of sp³-hybridized carbons (Fsp3) is 0.538. The smallest absolute Gasteiger partial charge is 0.0406 e. The van der Waals surface area contributed by atoms with Crippen molar-refractivity contribution >= 4 is 11.6 Å². The summed E-state index contributed by atoms with van der Waals surface area (Å²) in [5, 5.41) is 4.33. The lowest BCUT2D eigenvalue weighted by atomic mass is 10.2. The molecule has 0 spiro atoms. The average molecular weight is 239 g/mol. The minimum atomic E-state index is 0.807. The van der Waals surface area contributed by atoms with E-state index in [4.69, 9.17) is 11.6 Å². The SMILES string of the molecule is CN(CCNC1CC1)Cc1ccc(Cl)cc1. The van der Waals surface area contributed by atoms with Crippen LogP contribution in [-0.2, 0) is 6.54 Å². The van der Waals surface area contributed by atoms with Crippen molar-refractivity contribution in [2.75, 3.05) is 20.1 Å². The number of likely N-dealkylation sites (N-methyl/N-ethyl adjacent to an activating group) is 1. The van der Waals surface area contributed by atoms with Crippen LogP contribution < -0.4 is 5.32 Å². The molecule has 1 aliphatic rings. The van der Waals surface area contributed by atoms with Crippen molar-refractivity contribution in [1.29, 1.82) is 0 Å². The highest BCUT2D eigenvalue weighted by molar-refractivity contribution is 6.30. The Morgan fingerprint density at radius 2 is 2.00 bits per heavy atom. The number of nitrogens with zero attached hydrogens (tertiary/aromatic N) is 1. The number of hydrogen-bond donors (Lipinski definition) is 1. The topological polar surface area (TPSA) is 15.3 Å². The Labute approximate surface area is 103 Å². The lowest BCUT2D eigenvalue weighted by Crippen LogP contribution is -2.29. The first kappa shape index (κ1) is 11.9. The van der Waals surface area contributed by atoms with E-state index < -0.39 is 0 Å². The molecular weight excluding hydrogens is 220 g/mol. The van der Waals surface area contributed by atoms with Crippen molar-refractivity contribution in [3.8, 4) is 0 Å². The minimum Gasteiger partial charge on any atom is -0.313 e. The molecule has 2 nitrogen and oxygen atoms in total. The molecule has 0 saturated heterocycles. The van der Waals surface area contributed by atoms with Gasteiger partial charge in [0.25, 0.3) is 0 Å². The summed E-state index contributed by atoms with van der Waals surface area (Å²) in [4.78, 5) is 2.33. The molecule has 2 rings (SSSR count). The zero-order valence-electron chi connectivity index (χ0n) is 9.75. The van der Waals surface area contributed by atoms with Crippen molar-refractivity contribution in [1.82, 2.24) is 10.2 Å². The predicted octanol–water partition coefficient (Wildman–Crippen LogP) is 2.52. The average Bonchev–Trinajstić information content (AvgIpc) is 3.05. The third kappa shape index (κ3) is 4.12. The van der Waals surface area contributed by atoms with Crippen molar-refractivity contribution in [3.05, 3.63) is 34.9 Å². The quantitative estimate of drug-likeness (QED) is 0.820. The molecular formula is C13H19ClN2. The lowest BCUT2D eigenvalue weighted by Gasteiger charge is -2.16. The summed E-state index contributed by atoms with van der Waals surface area (Å²) in [5.74, 6) is 0. The molecule has 1 aromatic carbocycles. The fourth-order valence-corrected chi connectivity index (χ4v) is 1.85. The molecule has 1 aliphatic carbocycles. The summed E-state index contributed by atoms with van der Waals surface area (Å²) < 4.78 is 0. The van der Waals surface area contributed by atoms with Gasteiger partial charge in [-0.3, -0.25) is 0 Å².